The van der Waals surface area contributed by atoms with Crippen LogP contribution in [0.3, 0.4) is 0 Å². The second-order valence-electron chi connectivity index (χ2n) is 6.46. The van der Waals surface area contributed by atoms with Crippen molar-refractivity contribution in [3.8, 4) is 17.2 Å². The molecule has 3 aromatic carbocycles. The van der Waals surface area contributed by atoms with Gasteiger partial charge in [0.2, 0.25) is 0 Å². The molecule has 6 heteroatoms. The highest BCUT2D eigenvalue weighted by Gasteiger charge is 2.07. The normalized spacial score (nSPS) is 10.8. The van der Waals surface area contributed by atoms with Crippen molar-refractivity contribution >= 4 is 22.1 Å². The molecule has 0 saturated carbocycles. The van der Waals surface area contributed by atoms with Crippen LogP contribution in [0.1, 0.15) is 23.6 Å². The Kier molecular flexibility index (Phi) is 8.15. The molecule has 156 valence electrons. The Morgan fingerprint density at radius 1 is 0.933 bits per heavy atom. The Labute approximate surface area is 185 Å². The van der Waals surface area contributed by atoms with Gasteiger partial charge in [0.05, 0.1) is 26.5 Å². The minimum absolute atomic E-state index is 0.473. The molecule has 0 amide bonds. The van der Waals surface area contributed by atoms with Gasteiger partial charge in [0, 0.05) is 10.0 Å². The lowest BCUT2D eigenvalue weighted by Gasteiger charge is -2.13. The molecule has 0 aliphatic heterocycles. The van der Waals surface area contributed by atoms with Gasteiger partial charge in [-0.05, 0) is 54.4 Å². The predicted molar refractivity (Wildman–Crippen MR) is 124 cm³/mol. The number of rotatable bonds is 10. The zero-order valence-electron chi connectivity index (χ0n) is 17.1. The molecule has 0 aliphatic rings. The molecule has 0 unspecified atom stereocenters. The van der Waals surface area contributed by atoms with Crippen molar-refractivity contribution in [1.29, 1.82) is 0 Å². The predicted octanol–water partition coefficient (Wildman–Crippen LogP) is 5.56. The fourth-order valence-corrected chi connectivity index (χ4v) is 3.10. The number of halogens is 1. The van der Waals surface area contributed by atoms with Crippen LogP contribution < -0.4 is 19.6 Å². The van der Waals surface area contributed by atoms with Gasteiger partial charge in [-0.15, -0.1) is 0 Å². The molecule has 1 N–H and O–H groups in total. The van der Waals surface area contributed by atoms with E-state index in [4.69, 9.17) is 14.2 Å². The summed E-state index contributed by atoms with van der Waals surface area (Å²) >= 11 is 3.44. The molecule has 0 fully saturated rings. The van der Waals surface area contributed by atoms with E-state index in [1.807, 2.05) is 73.7 Å². The van der Waals surface area contributed by atoms with E-state index in [9.17, 15) is 0 Å². The lowest BCUT2D eigenvalue weighted by molar-refractivity contribution is 0.269. The van der Waals surface area contributed by atoms with Crippen molar-refractivity contribution in [3.63, 3.8) is 0 Å². The summed E-state index contributed by atoms with van der Waals surface area (Å²) in [5.74, 6) is 2.24. The van der Waals surface area contributed by atoms with Gasteiger partial charge in [0.25, 0.3) is 0 Å². The standard InChI is InChI=1S/C24H25BrN2O3/c1-3-29-24-14-19(15-26-27-16-20-6-4-5-7-22(20)28-2)10-13-23(24)30-17-18-8-11-21(25)12-9-18/h4-15,27H,3,16-17H2,1-2H3/b26-15-. The summed E-state index contributed by atoms with van der Waals surface area (Å²) < 4.78 is 18.1. The number of nitrogens with zero attached hydrogens (tertiary/aromatic N) is 1. The van der Waals surface area contributed by atoms with Gasteiger partial charge in [-0.3, -0.25) is 0 Å². The minimum Gasteiger partial charge on any atom is -0.496 e. The van der Waals surface area contributed by atoms with Crippen molar-refractivity contribution in [3.05, 3.63) is 87.9 Å². The van der Waals surface area contributed by atoms with E-state index in [-0.39, 0.29) is 0 Å². The molecular formula is C24H25BrN2O3. The second kappa shape index (κ2) is 11.3. The number of hydrogen-bond donors (Lipinski definition) is 1. The first-order chi connectivity index (χ1) is 14.7. The van der Waals surface area contributed by atoms with Crippen LogP contribution in [0.15, 0.2) is 76.3 Å². The third-order valence-corrected chi connectivity index (χ3v) is 4.87. The van der Waals surface area contributed by atoms with E-state index in [2.05, 4.69) is 26.5 Å². The molecule has 0 heterocycles. The monoisotopic (exact) mass is 468 g/mol. The first-order valence-corrected chi connectivity index (χ1v) is 10.5. The SMILES string of the molecule is CCOc1cc(/C=N\NCc2ccccc2OC)ccc1OCc1ccc(Br)cc1. The van der Waals surface area contributed by atoms with Crippen LogP contribution in [0.25, 0.3) is 0 Å². The summed E-state index contributed by atoms with van der Waals surface area (Å²) in [6.45, 7) is 3.56. The molecule has 5 nitrogen and oxygen atoms in total. The fourth-order valence-electron chi connectivity index (χ4n) is 2.83. The number of para-hydroxylation sites is 1. The molecule has 3 aromatic rings. The maximum absolute atomic E-state index is 5.97. The fraction of sp³-hybridized carbons (Fsp3) is 0.208. The topological polar surface area (TPSA) is 52.1 Å². The van der Waals surface area contributed by atoms with Gasteiger partial charge < -0.3 is 19.6 Å². The van der Waals surface area contributed by atoms with Crippen LogP contribution in [0, 0.1) is 0 Å². The van der Waals surface area contributed by atoms with E-state index >= 15 is 0 Å². The molecule has 0 aliphatic carbocycles. The van der Waals surface area contributed by atoms with Gasteiger partial charge in [0.1, 0.15) is 12.4 Å². The van der Waals surface area contributed by atoms with Gasteiger partial charge in [0.15, 0.2) is 11.5 Å². The number of nitrogens with one attached hydrogen (secondary N) is 1. The summed E-state index contributed by atoms with van der Waals surface area (Å²) in [4.78, 5) is 0. The van der Waals surface area contributed by atoms with Crippen molar-refractivity contribution in [2.45, 2.75) is 20.1 Å². The van der Waals surface area contributed by atoms with Crippen molar-refractivity contribution in [2.24, 2.45) is 5.10 Å². The maximum atomic E-state index is 5.97. The van der Waals surface area contributed by atoms with Crippen LogP contribution in [0.2, 0.25) is 0 Å². The van der Waals surface area contributed by atoms with E-state index in [0.29, 0.717) is 31.3 Å². The molecule has 3 rings (SSSR count). The Morgan fingerprint density at radius 2 is 1.73 bits per heavy atom. The highest BCUT2D eigenvalue weighted by atomic mass is 79.9. The van der Waals surface area contributed by atoms with Crippen LogP contribution in [0.5, 0.6) is 17.2 Å². The minimum atomic E-state index is 0.473. The molecule has 0 saturated heterocycles. The van der Waals surface area contributed by atoms with Crippen molar-refractivity contribution in [2.75, 3.05) is 13.7 Å². The Hall–Kier alpha value is -2.99. The number of ether oxygens (including phenoxy) is 3. The van der Waals surface area contributed by atoms with E-state index < -0.39 is 0 Å². The molecule has 30 heavy (non-hydrogen) atoms. The average Bonchev–Trinajstić information content (AvgIpc) is 2.77. The Morgan fingerprint density at radius 3 is 2.50 bits per heavy atom. The van der Waals surface area contributed by atoms with Gasteiger partial charge in [-0.1, -0.05) is 46.3 Å². The summed E-state index contributed by atoms with van der Waals surface area (Å²) in [5, 5.41) is 4.31. The van der Waals surface area contributed by atoms with Crippen LogP contribution in [0.4, 0.5) is 0 Å². The van der Waals surface area contributed by atoms with Crippen LogP contribution in [-0.4, -0.2) is 19.9 Å². The average molecular weight is 469 g/mol. The van der Waals surface area contributed by atoms with Crippen LogP contribution in [-0.2, 0) is 13.2 Å². The summed E-state index contributed by atoms with van der Waals surface area (Å²) in [6, 6.07) is 21.7. The molecule has 0 atom stereocenters. The van der Waals surface area contributed by atoms with Crippen LogP contribution >= 0.6 is 15.9 Å². The molecule has 0 bridgehead atoms. The van der Waals surface area contributed by atoms with Gasteiger partial charge >= 0.3 is 0 Å². The summed E-state index contributed by atoms with van der Waals surface area (Å²) in [5.41, 5.74) is 6.11. The lowest BCUT2D eigenvalue weighted by atomic mass is 10.2. The largest absolute Gasteiger partial charge is 0.496 e. The number of benzene rings is 3. The smallest absolute Gasteiger partial charge is 0.161 e. The third-order valence-electron chi connectivity index (χ3n) is 4.34. The van der Waals surface area contributed by atoms with Crippen molar-refractivity contribution in [1.82, 2.24) is 5.43 Å². The van der Waals surface area contributed by atoms with E-state index in [1.165, 1.54) is 0 Å². The lowest BCUT2D eigenvalue weighted by Crippen LogP contribution is -2.07. The highest BCUT2D eigenvalue weighted by molar-refractivity contribution is 9.10. The van der Waals surface area contributed by atoms with Gasteiger partial charge in [-0.2, -0.15) is 5.10 Å². The molecule has 0 radical (unpaired) electrons. The van der Waals surface area contributed by atoms with E-state index in [1.54, 1.807) is 13.3 Å². The molecule has 0 spiro atoms. The molecule has 0 aromatic heterocycles. The molecular weight excluding hydrogens is 444 g/mol. The first kappa shape index (κ1) is 21.7. The summed E-state index contributed by atoms with van der Waals surface area (Å²) in [7, 11) is 1.66. The third kappa shape index (κ3) is 6.26. The first-order valence-electron chi connectivity index (χ1n) is 9.71. The maximum Gasteiger partial charge on any atom is 0.161 e. The zero-order valence-corrected chi connectivity index (χ0v) is 18.7. The van der Waals surface area contributed by atoms with E-state index in [0.717, 1.165) is 26.9 Å². The van der Waals surface area contributed by atoms with Gasteiger partial charge in [-0.25, -0.2) is 0 Å². The quantitative estimate of drug-likeness (QED) is 0.312. The van der Waals surface area contributed by atoms with Crippen molar-refractivity contribution < 1.29 is 14.2 Å². The number of hydrazone groups is 1. The Balaban J connectivity index is 1.62. The Bertz CT molecular complexity index is 974. The zero-order chi connectivity index (χ0) is 21.2. The number of hydrogen-bond acceptors (Lipinski definition) is 5. The summed E-state index contributed by atoms with van der Waals surface area (Å²) in [6.07, 6.45) is 1.76. The number of methoxy groups -OCH3 is 1. The second-order valence-corrected chi connectivity index (χ2v) is 7.37. The highest BCUT2D eigenvalue weighted by Crippen LogP contribution is 2.29.